The quantitative estimate of drug-likeness (QED) is 0.590. The Balaban J connectivity index is 2.68. The molecule has 0 atom stereocenters. The molecule has 1 aromatic rings. The van der Waals surface area contributed by atoms with Gasteiger partial charge in [-0.05, 0) is 19.1 Å². The fourth-order valence-corrected chi connectivity index (χ4v) is 1.18. The number of benzene rings is 1. The normalized spacial score (nSPS) is 10.3. The van der Waals surface area contributed by atoms with Crippen LogP contribution in [0.4, 0.5) is 4.39 Å². The van der Waals surface area contributed by atoms with Crippen molar-refractivity contribution in [2.24, 2.45) is 5.73 Å². The minimum absolute atomic E-state index is 0.0759. The smallest absolute Gasteiger partial charge is 0.191 e. The van der Waals surface area contributed by atoms with Gasteiger partial charge in [0, 0.05) is 6.54 Å². The van der Waals surface area contributed by atoms with Crippen molar-refractivity contribution in [2.45, 2.75) is 6.92 Å². The maximum absolute atomic E-state index is 13.2. The van der Waals surface area contributed by atoms with E-state index in [4.69, 9.17) is 10.5 Å². The minimum Gasteiger partial charge on any atom is -0.372 e. The molecule has 0 amide bonds. The highest BCUT2D eigenvalue weighted by Gasteiger charge is 2.11. The zero-order valence-electron chi connectivity index (χ0n) is 8.63. The molecule has 0 aromatic heterocycles. The van der Waals surface area contributed by atoms with Crippen molar-refractivity contribution in [2.75, 3.05) is 19.8 Å². The number of nitrogens with two attached hydrogens (primary N) is 1. The average molecular weight is 211 g/mol. The molecular weight excluding hydrogens is 197 g/mol. The maximum atomic E-state index is 13.2. The van der Waals surface area contributed by atoms with Gasteiger partial charge < -0.3 is 10.5 Å². The number of hydrogen-bond donors (Lipinski definition) is 1. The van der Waals surface area contributed by atoms with Crippen molar-refractivity contribution in [1.29, 1.82) is 0 Å². The van der Waals surface area contributed by atoms with Gasteiger partial charge in [0.15, 0.2) is 5.78 Å². The summed E-state index contributed by atoms with van der Waals surface area (Å²) < 4.78 is 18.2. The van der Waals surface area contributed by atoms with Crippen molar-refractivity contribution in [1.82, 2.24) is 0 Å². The summed E-state index contributed by atoms with van der Waals surface area (Å²) in [6.45, 7) is 2.33. The molecule has 3 nitrogen and oxygen atoms in total. The van der Waals surface area contributed by atoms with Gasteiger partial charge >= 0.3 is 0 Å². The number of carbonyl (C=O) groups excluding carboxylic acids is 1. The minimum atomic E-state index is -0.512. The zero-order chi connectivity index (χ0) is 11.3. The van der Waals surface area contributed by atoms with Crippen LogP contribution in [-0.4, -0.2) is 25.5 Å². The van der Waals surface area contributed by atoms with Crippen LogP contribution in [0.3, 0.4) is 0 Å². The first-order chi connectivity index (χ1) is 7.15. The van der Waals surface area contributed by atoms with Crippen LogP contribution in [0.1, 0.15) is 15.9 Å². The van der Waals surface area contributed by atoms with Gasteiger partial charge in [-0.1, -0.05) is 11.6 Å². The Morgan fingerprint density at radius 2 is 2.27 bits per heavy atom. The molecule has 82 valence electrons. The van der Waals surface area contributed by atoms with Crippen LogP contribution in [0.25, 0.3) is 0 Å². The standard InChI is InChI=1S/C11H14FNO2/c1-8-2-3-10(12)9(6-8)11(14)7-15-5-4-13/h2-3,6H,4-5,7,13H2,1H3. The fraction of sp³-hybridized carbons (Fsp3) is 0.364. The van der Waals surface area contributed by atoms with E-state index in [0.717, 1.165) is 5.56 Å². The van der Waals surface area contributed by atoms with E-state index < -0.39 is 5.82 Å². The van der Waals surface area contributed by atoms with Gasteiger partial charge in [-0.2, -0.15) is 0 Å². The van der Waals surface area contributed by atoms with E-state index in [2.05, 4.69) is 0 Å². The third-order valence-electron chi connectivity index (χ3n) is 1.92. The summed E-state index contributed by atoms with van der Waals surface area (Å²) in [6.07, 6.45) is 0. The van der Waals surface area contributed by atoms with Gasteiger partial charge in [0.1, 0.15) is 12.4 Å². The molecule has 0 saturated heterocycles. The molecule has 0 spiro atoms. The Bertz CT molecular complexity index is 352. The molecule has 0 aliphatic carbocycles. The Kier molecular flexibility index (Phi) is 4.39. The van der Waals surface area contributed by atoms with Crippen LogP contribution in [0.5, 0.6) is 0 Å². The summed E-state index contributed by atoms with van der Waals surface area (Å²) >= 11 is 0. The highest BCUT2D eigenvalue weighted by atomic mass is 19.1. The van der Waals surface area contributed by atoms with Gasteiger partial charge in [0.25, 0.3) is 0 Å². The molecule has 0 radical (unpaired) electrons. The predicted molar refractivity (Wildman–Crippen MR) is 55.3 cm³/mol. The summed E-state index contributed by atoms with van der Waals surface area (Å²) in [6, 6.07) is 4.42. The summed E-state index contributed by atoms with van der Waals surface area (Å²) in [5.74, 6) is -0.869. The summed E-state index contributed by atoms with van der Waals surface area (Å²) in [5, 5.41) is 0. The topological polar surface area (TPSA) is 52.3 Å². The van der Waals surface area contributed by atoms with Crippen molar-refractivity contribution in [3.8, 4) is 0 Å². The molecule has 0 saturated carbocycles. The maximum Gasteiger partial charge on any atom is 0.191 e. The van der Waals surface area contributed by atoms with Crippen LogP contribution >= 0.6 is 0 Å². The molecule has 1 rings (SSSR count). The first-order valence-electron chi connectivity index (χ1n) is 4.72. The first kappa shape index (κ1) is 11.8. The van der Waals surface area contributed by atoms with E-state index in [-0.39, 0.29) is 18.0 Å². The van der Waals surface area contributed by atoms with Crippen molar-refractivity contribution in [3.05, 3.63) is 35.1 Å². The molecule has 4 heteroatoms. The van der Waals surface area contributed by atoms with Gasteiger partial charge in [-0.25, -0.2) is 4.39 Å². The number of carbonyl (C=O) groups is 1. The Hall–Kier alpha value is -1.26. The lowest BCUT2D eigenvalue weighted by Crippen LogP contribution is -2.15. The molecule has 0 aliphatic rings. The molecule has 0 bridgehead atoms. The van der Waals surface area contributed by atoms with E-state index in [0.29, 0.717) is 13.2 Å². The SMILES string of the molecule is Cc1ccc(F)c(C(=O)COCCN)c1. The monoisotopic (exact) mass is 211 g/mol. The van der Waals surface area contributed by atoms with Crippen molar-refractivity contribution < 1.29 is 13.9 Å². The van der Waals surface area contributed by atoms with Gasteiger partial charge in [-0.15, -0.1) is 0 Å². The third-order valence-corrected chi connectivity index (χ3v) is 1.92. The number of halogens is 1. The average Bonchev–Trinajstić information content (AvgIpc) is 2.22. The van der Waals surface area contributed by atoms with Gasteiger partial charge in [-0.3, -0.25) is 4.79 Å². The third kappa shape index (κ3) is 3.42. The zero-order valence-corrected chi connectivity index (χ0v) is 8.63. The molecule has 0 heterocycles. The van der Waals surface area contributed by atoms with Crippen LogP contribution < -0.4 is 5.73 Å². The lowest BCUT2D eigenvalue weighted by Gasteiger charge is -2.04. The Morgan fingerprint density at radius 1 is 1.53 bits per heavy atom. The summed E-state index contributed by atoms with van der Waals surface area (Å²) in [5.41, 5.74) is 6.12. The largest absolute Gasteiger partial charge is 0.372 e. The number of ether oxygens (including phenoxy) is 1. The predicted octanol–water partition coefficient (Wildman–Crippen LogP) is 1.29. The highest BCUT2D eigenvalue weighted by molar-refractivity contribution is 5.97. The number of rotatable bonds is 5. The second-order valence-corrected chi connectivity index (χ2v) is 3.25. The van der Waals surface area contributed by atoms with Crippen LogP contribution in [0.2, 0.25) is 0 Å². The van der Waals surface area contributed by atoms with Gasteiger partial charge in [0.05, 0.1) is 12.2 Å². The summed E-state index contributed by atoms with van der Waals surface area (Å²) in [4.78, 5) is 11.5. The van der Waals surface area contributed by atoms with Gasteiger partial charge in [0.2, 0.25) is 0 Å². The molecule has 15 heavy (non-hydrogen) atoms. The van der Waals surface area contributed by atoms with Crippen LogP contribution in [0, 0.1) is 12.7 Å². The fourth-order valence-electron chi connectivity index (χ4n) is 1.18. The molecule has 1 aromatic carbocycles. The highest BCUT2D eigenvalue weighted by Crippen LogP contribution is 2.10. The van der Waals surface area contributed by atoms with Crippen molar-refractivity contribution in [3.63, 3.8) is 0 Å². The number of hydrogen-bond acceptors (Lipinski definition) is 3. The van der Waals surface area contributed by atoms with E-state index in [9.17, 15) is 9.18 Å². The molecular formula is C11H14FNO2. The lowest BCUT2D eigenvalue weighted by molar-refractivity contribution is 0.0770. The van der Waals surface area contributed by atoms with E-state index in [1.807, 2.05) is 0 Å². The summed E-state index contributed by atoms with van der Waals surface area (Å²) in [7, 11) is 0. The van der Waals surface area contributed by atoms with Crippen LogP contribution in [-0.2, 0) is 4.74 Å². The van der Waals surface area contributed by atoms with Crippen molar-refractivity contribution >= 4 is 5.78 Å². The molecule has 0 fully saturated rings. The lowest BCUT2D eigenvalue weighted by atomic mass is 10.1. The van der Waals surface area contributed by atoms with Crippen LogP contribution in [0.15, 0.2) is 18.2 Å². The van der Waals surface area contributed by atoms with E-state index in [1.54, 1.807) is 13.0 Å². The van der Waals surface area contributed by atoms with E-state index >= 15 is 0 Å². The Labute approximate surface area is 88.0 Å². The number of Topliss-reactive ketones (excluding diaryl/α,β-unsaturated/α-hetero) is 1. The molecule has 0 aliphatic heterocycles. The second-order valence-electron chi connectivity index (χ2n) is 3.25. The first-order valence-corrected chi connectivity index (χ1v) is 4.72. The second kappa shape index (κ2) is 5.58. The molecule has 2 N–H and O–H groups in total. The number of ketones is 1. The molecule has 0 unspecified atom stereocenters. The van der Waals surface area contributed by atoms with E-state index in [1.165, 1.54) is 12.1 Å². The number of aryl methyl sites for hydroxylation is 1. The Morgan fingerprint density at radius 3 is 2.93 bits per heavy atom.